The van der Waals surface area contributed by atoms with Gasteiger partial charge in [0.2, 0.25) is 16.6 Å². The van der Waals surface area contributed by atoms with E-state index in [1.807, 2.05) is 11.4 Å². The Labute approximate surface area is 139 Å². The van der Waals surface area contributed by atoms with Crippen molar-refractivity contribution in [2.75, 3.05) is 6.61 Å². The molecule has 0 aliphatic heterocycles. The molecule has 0 amide bonds. The fourth-order valence-electron chi connectivity index (χ4n) is 1.94. The Hall–Kier alpha value is -0.739. The molecule has 0 unspecified atom stereocenters. The molecule has 0 bridgehead atoms. The lowest BCUT2D eigenvalue weighted by Gasteiger charge is -2.41. The van der Waals surface area contributed by atoms with Gasteiger partial charge in [0.15, 0.2) is 0 Å². The summed E-state index contributed by atoms with van der Waals surface area (Å²) in [5, 5.41) is 0. The molecule has 0 saturated carbocycles. The third kappa shape index (κ3) is 8.64. The SMILES string of the molecule is C=CC(=O)OCCCC([SiH3])(O[Si](C)(C)C=C)O[Si](C)(C)C=C. The van der Waals surface area contributed by atoms with E-state index in [9.17, 15) is 4.79 Å². The van der Waals surface area contributed by atoms with E-state index in [1.165, 1.54) is 6.08 Å². The second-order valence-corrected chi connectivity index (χ2v) is 15.6. The summed E-state index contributed by atoms with van der Waals surface area (Å²) in [5.74, 6) is -0.401. The van der Waals surface area contributed by atoms with Crippen molar-refractivity contribution in [3.63, 3.8) is 0 Å². The van der Waals surface area contributed by atoms with Crippen LogP contribution in [-0.4, -0.2) is 44.9 Å². The first-order chi connectivity index (χ1) is 9.99. The van der Waals surface area contributed by atoms with E-state index in [0.717, 1.165) is 10.2 Å². The van der Waals surface area contributed by atoms with Gasteiger partial charge in [-0.25, -0.2) is 4.79 Å². The van der Waals surface area contributed by atoms with Crippen molar-refractivity contribution in [3.8, 4) is 0 Å². The van der Waals surface area contributed by atoms with Crippen LogP contribution < -0.4 is 0 Å². The summed E-state index contributed by atoms with van der Waals surface area (Å²) in [6, 6.07) is 0. The highest BCUT2D eigenvalue weighted by atomic mass is 28.4. The molecule has 0 fully saturated rings. The van der Waals surface area contributed by atoms with Gasteiger partial charge in [-0.05, 0) is 39.0 Å². The van der Waals surface area contributed by atoms with Gasteiger partial charge < -0.3 is 13.6 Å². The van der Waals surface area contributed by atoms with E-state index >= 15 is 0 Å². The molecule has 0 saturated heterocycles. The minimum Gasteiger partial charge on any atom is -0.463 e. The number of esters is 1. The molecule has 126 valence electrons. The van der Waals surface area contributed by atoms with Crippen LogP contribution in [0.15, 0.2) is 37.2 Å². The summed E-state index contributed by atoms with van der Waals surface area (Å²) in [5.41, 5.74) is 3.22. The average molecular weight is 359 g/mol. The van der Waals surface area contributed by atoms with Gasteiger partial charge in [-0.15, -0.1) is 13.2 Å². The van der Waals surface area contributed by atoms with Crippen LogP contribution >= 0.6 is 0 Å². The van der Waals surface area contributed by atoms with Crippen molar-refractivity contribution in [2.24, 2.45) is 0 Å². The van der Waals surface area contributed by atoms with Crippen LogP contribution in [-0.2, 0) is 18.4 Å². The molecule has 0 spiro atoms. The number of carbonyl (C=O) groups is 1. The van der Waals surface area contributed by atoms with Crippen LogP contribution in [0, 0.1) is 0 Å². The Bertz CT molecular complexity index is 397. The number of rotatable bonds is 11. The standard InChI is InChI=1S/C15H30O4Si3/c1-8-14(16)17-13-11-12-15(20,18-21(4,5)9-2)19-22(6,7)10-3/h8-10H,1-3,11-13H2,4-7,20H3. The monoisotopic (exact) mass is 358 g/mol. The van der Waals surface area contributed by atoms with Gasteiger partial charge in [-0.1, -0.05) is 18.0 Å². The number of ether oxygens (including phenoxy) is 1. The van der Waals surface area contributed by atoms with Crippen LogP contribution in [0.2, 0.25) is 26.2 Å². The van der Waals surface area contributed by atoms with Crippen molar-refractivity contribution in [1.82, 2.24) is 0 Å². The summed E-state index contributed by atoms with van der Waals surface area (Å²) in [6.45, 7) is 19.8. The van der Waals surface area contributed by atoms with E-state index in [1.54, 1.807) is 0 Å². The molecule has 0 heterocycles. The highest BCUT2D eigenvalue weighted by Crippen LogP contribution is 2.26. The summed E-state index contributed by atoms with van der Waals surface area (Å²) in [4.78, 5) is 11.1. The largest absolute Gasteiger partial charge is 0.463 e. The maximum absolute atomic E-state index is 11.1. The molecular formula is C15H30O4Si3. The maximum Gasteiger partial charge on any atom is 0.330 e. The molecule has 0 aliphatic carbocycles. The lowest BCUT2D eigenvalue weighted by molar-refractivity contribution is -0.138. The third-order valence-corrected chi connectivity index (χ3v) is 8.73. The van der Waals surface area contributed by atoms with E-state index < -0.39 is 28.0 Å². The number of hydrogen-bond donors (Lipinski definition) is 0. The normalized spacial score (nSPS) is 12.7. The summed E-state index contributed by atoms with van der Waals surface area (Å²) >= 11 is 0. The van der Waals surface area contributed by atoms with Crippen molar-refractivity contribution < 1.29 is 18.4 Å². The van der Waals surface area contributed by atoms with Gasteiger partial charge in [0.05, 0.1) is 16.8 Å². The molecule has 0 aromatic heterocycles. The Morgan fingerprint density at radius 1 is 1.09 bits per heavy atom. The highest BCUT2D eigenvalue weighted by Gasteiger charge is 2.37. The number of hydrogen-bond acceptors (Lipinski definition) is 4. The van der Waals surface area contributed by atoms with Crippen LogP contribution in [0.4, 0.5) is 0 Å². The molecule has 4 nitrogen and oxygen atoms in total. The maximum atomic E-state index is 11.1. The van der Waals surface area contributed by atoms with Crippen LogP contribution in [0.1, 0.15) is 12.8 Å². The summed E-state index contributed by atoms with van der Waals surface area (Å²) in [7, 11) is -3.23. The van der Waals surface area contributed by atoms with Gasteiger partial charge in [-0.2, -0.15) is 0 Å². The third-order valence-electron chi connectivity index (χ3n) is 3.13. The lowest BCUT2D eigenvalue weighted by atomic mass is 10.3. The lowest BCUT2D eigenvalue weighted by Crippen LogP contribution is -2.51. The first-order valence-electron chi connectivity index (χ1n) is 7.46. The first kappa shape index (κ1) is 21.3. The second-order valence-electron chi connectivity index (χ2n) is 6.43. The Morgan fingerprint density at radius 2 is 1.55 bits per heavy atom. The molecule has 0 aliphatic rings. The second kappa shape index (κ2) is 8.78. The number of carbonyl (C=O) groups excluding carboxylic acids is 1. The molecule has 0 aromatic carbocycles. The smallest absolute Gasteiger partial charge is 0.330 e. The van der Waals surface area contributed by atoms with Crippen LogP contribution in [0.25, 0.3) is 0 Å². The topological polar surface area (TPSA) is 44.8 Å². The quantitative estimate of drug-likeness (QED) is 0.187. The van der Waals surface area contributed by atoms with Gasteiger partial charge >= 0.3 is 5.97 Å². The van der Waals surface area contributed by atoms with Crippen LogP contribution in [0.3, 0.4) is 0 Å². The fourth-order valence-corrected chi connectivity index (χ4v) is 8.22. The van der Waals surface area contributed by atoms with E-state index in [4.69, 9.17) is 13.6 Å². The van der Waals surface area contributed by atoms with Crippen molar-refractivity contribution in [2.45, 2.75) is 44.4 Å². The molecule has 0 aromatic rings. The van der Waals surface area contributed by atoms with Crippen LogP contribution in [0.5, 0.6) is 0 Å². The van der Waals surface area contributed by atoms with E-state index in [0.29, 0.717) is 19.4 Å². The molecule has 0 N–H and O–H groups in total. The molecule has 0 atom stereocenters. The van der Waals surface area contributed by atoms with Gasteiger partial charge in [0.25, 0.3) is 0 Å². The van der Waals surface area contributed by atoms with Gasteiger partial charge in [0, 0.05) is 6.08 Å². The van der Waals surface area contributed by atoms with Gasteiger partial charge in [-0.3, -0.25) is 0 Å². The molecule has 22 heavy (non-hydrogen) atoms. The zero-order valence-electron chi connectivity index (χ0n) is 14.6. The predicted octanol–water partition coefficient (Wildman–Crippen LogP) is 2.41. The van der Waals surface area contributed by atoms with Gasteiger partial charge in [0.1, 0.15) is 5.41 Å². The molecule has 7 heteroatoms. The zero-order chi connectivity index (χ0) is 17.4. The molecule has 0 radical (unpaired) electrons. The Kier molecular flexibility index (Phi) is 8.48. The Balaban J connectivity index is 4.85. The first-order valence-corrected chi connectivity index (χ1v) is 14.4. The minimum atomic E-state index is -1.98. The summed E-state index contributed by atoms with van der Waals surface area (Å²) in [6.07, 6.45) is 2.55. The Morgan fingerprint density at radius 3 is 1.91 bits per heavy atom. The van der Waals surface area contributed by atoms with Crippen molar-refractivity contribution in [1.29, 1.82) is 0 Å². The fraction of sp³-hybridized carbons (Fsp3) is 0.533. The van der Waals surface area contributed by atoms with E-state index in [2.05, 4.69) is 45.9 Å². The average Bonchev–Trinajstić information content (AvgIpc) is 2.42. The highest BCUT2D eigenvalue weighted by molar-refractivity contribution is 6.77. The summed E-state index contributed by atoms with van der Waals surface area (Å²) < 4.78 is 17.7. The predicted molar refractivity (Wildman–Crippen MR) is 101 cm³/mol. The molecule has 0 rings (SSSR count). The minimum absolute atomic E-state index is 0.341. The zero-order valence-corrected chi connectivity index (χ0v) is 18.6. The van der Waals surface area contributed by atoms with Crippen molar-refractivity contribution >= 4 is 32.8 Å². The van der Waals surface area contributed by atoms with E-state index in [-0.39, 0.29) is 0 Å². The molecular weight excluding hydrogens is 328 g/mol. The van der Waals surface area contributed by atoms with Crippen molar-refractivity contribution in [3.05, 3.63) is 37.2 Å².